The number of rotatable bonds is 9. The smallest absolute Gasteiger partial charge is 0.269 e. The summed E-state index contributed by atoms with van der Waals surface area (Å²) in [5, 5.41) is 12.8. The van der Waals surface area contributed by atoms with Crippen LogP contribution in [0.5, 0.6) is 0 Å². The second-order valence-corrected chi connectivity index (χ2v) is 5.43. The minimum absolute atomic E-state index is 0.0690. The number of nitro groups is 1. The van der Waals surface area contributed by atoms with E-state index in [-0.39, 0.29) is 18.7 Å². The molecule has 136 valence electrons. The van der Waals surface area contributed by atoms with Gasteiger partial charge in [0.15, 0.2) is 10.8 Å². The van der Waals surface area contributed by atoms with Crippen molar-refractivity contribution in [1.29, 1.82) is 0 Å². The van der Waals surface area contributed by atoms with Gasteiger partial charge in [-0.1, -0.05) is 24.3 Å². The molecule has 10 heteroatoms. The zero-order valence-electron chi connectivity index (χ0n) is 13.9. The van der Waals surface area contributed by atoms with Gasteiger partial charge in [0.25, 0.3) is 5.96 Å². The molecular formula is C15H22N6O4. The van der Waals surface area contributed by atoms with Crippen LogP contribution in [0, 0.1) is 10.1 Å². The maximum atomic E-state index is 11.8. The third kappa shape index (κ3) is 6.18. The fraction of sp³-hybridized carbons (Fsp3) is 0.400. The number of hydrogen-bond donors (Lipinski definition) is 3. The lowest BCUT2D eigenvalue weighted by atomic mass is 10.1. The summed E-state index contributed by atoms with van der Waals surface area (Å²) in [4.78, 5) is 35.0. The van der Waals surface area contributed by atoms with E-state index in [1.165, 1.54) is 11.8 Å². The predicted octanol–water partition coefficient (Wildman–Crippen LogP) is -0.210. The molecule has 6 N–H and O–H groups in total. The van der Waals surface area contributed by atoms with Crippen LogP contribution < -0.4 is 17.2 Å². The minimum Gasteiger partial charge on any atom is -0.368 e. The van der Waals surface area contributed by atoms with E-state index in [1.807, 2.05) is 0 Å². The van der Waals surface area contributed by atoms with Gasteiger partial charge in [0, 0.05) is 12.1 Å². The molecule has 1 amide bonds. The van der Waals surface area contributed by atoms with Gasteiger partial charge >= 0.3 is 0 Å². The standard InChI is InChI=1S/C15H22N6O4/c1-10(22)12-6-4-11(5-7-12)9-20(15(18)19-21(24)25)13(14(17)23)3-2-8-16/h4-7,13H,2-3,8-9,16H2,1H3,(H2,17,23)(H2,18,19)/t13-/m1/s1. The number of nitrogens with zero attached hydrogens (tertiary/aromatic N) is 3. The van der Waals surface area contributed by atoms with E-state index in [9.17, 15) is 19.7 Å². The molecular weight excluding hydrogens is 328 g/mol. The van der Waals surface area contributed by atoms with Crippen molar-refractivity contribution in [3.05, 3.63) is 45.5 Å². The maximum absolute atomic E-state index is 11.8. The molecule has 1 aromatic carbocycles. The van der Waals surface area contributed by atoms with Crippen LogP contribution in [0.25, 0.3) is 0 Å². The van der Waals surface area contributed by atoms with Crippen molar-refractivity contribution in [2.45, 2.75) is 32.4 Å². The SMILES string of the molecule is CC(=O)c1ccc(CN(C(N)=N[N+](=O)[O-])[C@H](CCCN)C(N)=O)cc1. The molecule has 0 aliphatic carbocycles. The van der Waals surface area contributed by atoms with Gasteiger partial charge in [-0.05, 0) is 31.9 Å². The number of nitrogens with two attached hydrogens (primary N) is 3. The van der Waals surface area contributed by atoms with Gasteiger partial charge in [-0.25, -0.2) is 10.1 Å². The number of hydrazone groups is 1. The highest BCUT2D eigenvalue weighted by atomic mass is 16.7. The summed E-state index contributed by atoms with van der Waals surface area (Å²) in [5.41, 5.74) is 17.8. The van der Waals surface area contributed by atoms with E-state index in [0.717, 1.165) is 0 Å². The second-order valence-electron chi connectivity index (χ2n) is 5.43. The Balaban J connectivity index is 3.14. The number of benzene rings is 1. The Morgan fingerprint density at radius 1 is 1.28 bits per heavy atom. The Labute approximate surface area is 144 Å². The van der Waals surface area contributed by atoms with Crippen LogP contribution >= 0.6 is 0 Å². The van der Waals surface area contributed by atoms with Gasteiger partial charge in [-0.15, -0.1) is 0 Å². The lowest BCUT2D eigenvalue weighted by Gasteiger charge is -2.29. The summed E-state index contributed by atoms with van der Waals surface area (Å²) in [5.74, 6) is -1.20. The van der Waals surface area contributed by atoms with Crippen molar-refractivity contribution < 1.29 is 14.6 Å². The summed E-state index contributed by atoms with van der Waals surface area (Å²) in [6.45, 7) is 1.84. The van der Waals surface area contributed by atoms with Crippen LogP contribution in [0.3, 0.4) is 0 Å². The Hall–Kier alpha value is -3.01. The molecule has 0 saturated heterocycles. The number of amides is 1. The Bertz CT molecular complexity index is 658. The van der Waals surface area contributed by atoms with Gasteiger partial charge in [0.1, 0.15) is 11.1 Å². The lowest BCUT2D eigenvalue weighted by Crippen LogP contribution is -2.50. The van der Waals surface area contributed by atoms with Crippen molar-refractivity contribution in [1.82, 2.24) is 4.90 Å². The van der Waals surface area contributed by atoms with Gasteiger partial charge in [0.2, 0.25) is 5.91 Å². The van der Waals surface area contributed by atoms with Crippen molar-refractivity contribution in [2.24, 2.45) is 22.3 Å². The largest absolute Gasteiger partial charge is 0.368 e. The predicted molar refractivity (Wildman–Crippen MR) is 91.9 cm³/mol. The summed E-state index contributed by atoms with van der Waals surface area (Å²) in [6.07, 6.45) is 0.768. The summed E-state index contributed by atoms with van der Waals surface area (Å²) in [6, 6.07) is 5.69. The van der Waals surface area contributed by atoms with Crippen LogP contribution in [0.4, 0.5) is 0 Å². The van der Waals surface area contributed by atoms with Gasteiger partial charge in [0.05, 0.1) is 0 Å². The van der Waals surface area contributed by atoms with Crippen LogP contribution in [-0.2, 0) is 11.3 Å². The minimum atomic E-state index is -0.942. The molecule has 0 aromatic heterocycles. The van der Waals surface area contributed by atoms with Gasteiger partial charge < -0.3 is 22.1 Å². The molecule has 0 heterocycles. The molecule has 1 rings (SSSR count). The molecule has 0 spiro atoms. The first-order chi connectivity index (χ1) is 11.8. The molecule has 1 atom stereocenters. The zero-order valence-corrected chi connectivity index (χ0v) is 13.9. The molecule has 25 heavy (non-hydrogen) atoms. The normalized spacial score (nSPS) is 12.5. The third-order valence-corrected chi connectivity index (χ3v) is 3.58. The number of carbonyl (C=O) groups is 2. The van der Waals surface area contributed by atoms with Crippen molar-refractivity contribution >= 4 is 17.6 Å². The molecule has 1 aromatic rings. The molecule has 0 radical (unpaired) electrons. The molecule has 0 unspecified atom stereocenters. The number of hydrogen-bond acceptors (Lipinski definition) is 5. The second kappa shape index (κ2) is 9.33. The van der Waals surface area contributed by atoms with E-state index >= 15 is 0 Å². The van der Waals surface area contributed by atoms with Crippen LogP contribution in [0.1, 0.15) is 35.7 Å². The fourth-order valence-corrected chi connectivity index (χ4v) is 2.30. The molecule has 0 fully saturated rings. The molecule has 10 nitrogen and oxygen atoms in total. The summed E-state index contributed by atoms with van der Waals surface area (Å²) >= 11 is 0. The van der Waals surface area contributed by atoms with Crippen molar-refractivity contribution in [3.8, 4) is 0 Å². The number of ketones is 1. The molecule has 0 bridgehead atoms. The Morgan fingerprint density at radius 2 is 1.88 bits per heavy atom. The summed E-state index contributed by atoms with van der Waals surface area (Å²) < 4.78 is 0. The van der Waals surface area contributed by atoms with E-state index in [1.54, 1.807) is 24.3 Å². The third-order valence-electron chi connectivity index (χ3n) is 3.58. The van der Waals surface area contributed by atoms with E-state index in [0.29, 0.717) is 24.1 Å². The number of primary amides is 1. The fourth-order valence-electron chi connectivity index (χ4n) is 2.30. The number of carbonyl (C=O) groups excluding carboxylic acids is 2. The van der Waals surface area contributed by atoms with Crippen LogP contribution in [0.15, 0.2) is 29.4 Å². The van der Waals surface area contributed by atoms with Crippen molar-refractivity contribution in [3.63, 3.8) is 0 Å². The van der Waals surface area contributed by atoms with Crippen LogP contribution in [-0.4, -0.2) is 40.2 Å². The Morgan fingerprint density at radius 3 is 2.32 bits per heavy atom. The highest BCUT2D eigenvalue weighted by molar-refractivity contribution is 5.94. The first kappa shape index (κ1) is 20.0. The van der Waals surface area contributed by atoms with E-state index < -0.39 is 22.9 Å². The maximum Gasteiger partial charge on any atom is 0.269 e. The zero-order chi connectivity index (χ0) is 19.0. The quantitative estimate of drug-likeness (QED) is 0.182. The van der Waals surface area contributed by atoms with E-state index in [2.05, 4.69) is 5.10 Å². The molecule has 0 aliphatic heterocycles. The number of guanidine groups is 1. The number of Topliss-reactive ketones (excluding diaryl/α,β-unsaturated/α-hetero) is 1. The Kier molecular flexibility index (Phi) is 7.47. The highest BCUT2D eigenvalue weighted by Gasteiger charge is 2.27. The lowest BCUT2D eigenvalue weighted by molar-refractivity contribution is -0.485. The highest BCUT2D eigenvalue weighted by Crippen LogP contribution is 2.14. The van der Waals surface area contributed by atoms with E-state index in [4.69, 9.17) is 17.2 Å². The average molecular weight is 350 g/mol. The molecule has 0 aliphatic rings. The molecule has 0 saturated carbocycles. The first-order valence-electron chi connectivity index (χ1n) is 7.60. The monoisotopic (exact) mass is 350 g/mol. The summed E-state index contributed by atoms with van der Waals surface area (Å²) in [7, 11) is 0. The van der Waals surface area contributed by atoms with Crippen LogP contribution in [0.2, 0.25) is 0 Å². The van der Waals surface area contributed by atoms with Crippen molar-refractivity contribution in [2.75, 3.05) is 6.54 Å². The van der Waals surface area contributed by atoms with Gasteiger partial charge in [-0.2, -0.15) is 0 Å². The average Bonchev–Trinajstić information content (AvgIpc) is 2.53. The topological polar surface area (TPSA) is 171 Å². The van der Waals surface area contributed by atoms with Gasteiger partial charge in [-0.3, -0.25) is 9.59 Å². The first-order valence-corrected chi connectivity index (χ1v) is 7.60.